The van der Waals surface area contributed by atoms with E-state index in [1.165, 1.54) is 0 Å². The van der Waals surface area contributed by atoms with Crippen molar-refractivity contribution in [2.45, 2.75) is 26.8 Å². The van der Waals surface area contributed by atoms with Crippen LogP contribution in [0.2, 0.25) is 0 Å². The highest BCUT2D eigenvalue weighted by Gasteiger charge is 2.22. The van der Waals surface area contributed by atoms with Crippen LogP contribution in [0.1, 0.15) is 29.9 Å². The molecule has 0 aromatic carbocycles. The van der Waals surface area contributed by atoms with E-state index in [9.17, 15) is 4.79 Å². The number of nitrogens with two attached hydrogens (primary N) is 1. The summed E-state index contributed by atoms with van der Waals surface area (Å²) in [5, 5.41) is 9.89. The minimum atomic E-state index is -0.446. The summed E-state index contributed by atoms with van der Waals surface area (Å²) < 4.78 is 0. The number of aromatic nitrogens is 2. The molecule has 0 spiro atoms. The van der Waals surface area contributed by atoms with Crippen molar-refractivity contribution in [3.63, 3.8) is 0 Å². The second-order valence-corrected chi connectivity index (χ2v) is 3.24. The van der Waals surface area contributed by atoms with Crippen molar-refractivity contribution in [2.24, 2.45) is 5.73 Å². The van der Waals surface area contributed by atoms with Gasteiger partial charge in [-0.2, -0.15) is 5.10 Å². The second kappa shape index (κ2) is 4.23. The summed E-state index contributed by atoms with van der Waals surface area (Å²) in [6, 6.07) is -0.446. The molecule has 1 aromatic rings. The summed E-state index contributed by atoms with van der Waals surface area (Å²) in [4.78, 5) is 11.2. The Balaban J connectivity index is 3.04. The van der Waals surface area contributed by atoms with Gasteiger partial charge in [-0.25, -0.2) is 0 Å². The molecular formula is C9H16N4O. The molecule has 0 saturated heterocycles. The lowest BCUT2D eigenvalue weighted by Crippen LogP contribution is -2.34. The molecule has 5 heteroatoms. The highest BCUT2D eigenvalue weighted by atomic mass is 16.1. The number of primary amides is 1. The normalized spacial score (nSPS) is 12.8. The molecule has 0 fully saturated rings. The monoisotopic (exact) mass is 196 g/mol. The fourth-order valence-electron chi connectivity index (χ4n) is 1.53. The number of amides is 1. The number of nitrogens with one attached hydrogen (secondary N) is 2. The molecule has 14 heavy (non-hydrogen) atoms. The average molecular weight is 196 g/mol. The van der Waals surface area contributed by atoms with Gasteiger partial charge in [0.2, 0.25) is 5.91 Å². The van der Waals surface area contributed by atoms with E-state index in [1.54, 1.807) is 0 Å². The molecule has 1 rings (SSSR count). The van der Waals surface area contributed by atoms with Crippen molar-refractivity contribution in [1.82, 2.24) is 15.5 Å². The number of aryl methyl sites for hydroxylation is 2. The summed E-state index contributed by atoms with van der Waals surface area (Å²) in [7, 11) is 0. The molecule has 0 aliphatic carbocycles. The minimum Gasteiger partial charge on any atom is -0.368 e. The van der Waals surface area contributed by atoms with Crippen LogP contribution in [0.3, 0.4) is 0 Å². The van der Waals surface area contributed by atoms with E-state index in [2.05, 4.69) is 15.5 Å². The SMILES string of the molecule is CCNC(C(N)=O)c1c(C)n[nH]c1C. The van der Waals surface area contributed by atoms with E-state index in [0.717, 1.165) is 17.0 Å². The second-order valence-electron chi connectivity index (χ2n) is 3.24. The number of nitrogens with zero attached hydrogens (tertiary/aromatic N) is 1. The fourth-order valence-corrected chi connectivity index (χ4v) is 1.53. The van der Waals surface area contributed by atoms with E-state index >= 15 is 0 Å². The lowest BCUT2D eigenvalue weighted by Gasteiger charge is -2.14. The zero-order valence-corrected chi connectivity index (χ0v) is 8.72. The van der Waals surface area contributed by atoms with E-state index in [-0.39, 0.29) is 5.91 Å². The van der Waals surface area contributed by atoms with Crippen molar-refractivity contribution in [3.8, 4) is 0 Å². The Hall–Kier alpha value is -1.36. The molecule has 0 bridgehead atoms. The molecule has 0 aliphatic heterocycles. The predicted octanol–water partition coefficient (Wildman–Crippen LogP) is 0.162. The van der Waals surface area contributed by atoms with E-state index in [0.29, 0.717) is 6.54 Å². The largest absolute Gasteiger partial charge is 0.368 e. The average Bonchev–Trinajstić information content (AvgIpc) is 2.43. The Labute approximate surface area is 83.1 Å². The summed E-state index contributed by atoms with van der Waals surface area (Å²) in [5.74, 6) is -0.376. The third kappa shape index (κ3) is 1.93. The number of aromatic amines is 1. The maximum atomic E-state index is 11.2. The molecule has 5 nitrogen and oxygen atoms in total. The quantitative estimate of drug-likeness (QED) is 0.641. The third-order valence-electron chi connectivity index (χ3n) is 2.17. The van der Waals surface area contributed by atoms with Crippen molar-refractivity contribution in [3.05, 3.63) is 17.0 Å². The van der Waals surface area contributed by atoms with Crippen molar-refractivity contribution in [2.75, 3.05) is 6.54 Å². The number of hydrogen-bond donors (Lipinski definition) is 3. The van der Waals surface area contributed by atoms with Crippen LogP contribution in [0.5, 0.6) is 0 Å². The van der Waals surface area contributed by atoms with Gasteiger partial charge in [-0.05, 0) is 20.4 Å². The zero-order valence-electron chi connectivity index (χ0n) is 8.72. The minimum absolute atomic E-state index is 0.376. The highest BCUT2D eigenvalue weighted by molar-refractivity contribution is 5.82. The van der Waals surface area contributed by atoms with E-state index in [4.69, 9.17) is 5.73 Å². The number of H-pyrrole nitrogens is 1. The molecule has 1 amide bonds. The Morgan fingerprint density at radius 1 is 1.64 bits per heavy atom. The van der Waals surface area contributed by atoms with Gasteiger partial charge < -0.3 is 11.1 Å². The number of likely N-dealkylation sites (N-methyl/N-ethyl adjacent to an activating group) is 1. The highest BCUT2D eigenvalue weighted by Crippen LogP contribution is 2.18. The van der Waals surface area contributed by atoms with Gasteiger partial charge in [0.1, 0.15) is 6.04 Å². The molecule has 0 radical (unpaired) electrons. The van der Waals surface area contributed by atoms with E-state index < -0.39 is 6.04 Å². The maximum absolute atomic E-state index is 11.2. The number of rotatable bonds is 4. The summed E-state index contributed by atoms with van der Waals surface area (Å²) in [6.45, 7) is 6.35. The van der Waals surface area contributed by atoms with Gasteiger partial charge in [0.25, 0.3) is 0 Å². The van der Waals surface area contributed by atoms with Crippen LogP contribution in [0, 0.1) is 13.8 Å². The van der Waals surface area contributed by atoms with E-state index in [1.807, 2.05) is 20.8 Å². The number of carbonyl (C=O) groups is 1. The molecule has 0 aliphatic rings. The van der Waals surface area contributed by atoms with Crippen LogP contribution in [-0.2, 0) is 4.79 Å². The summed E-state index contributed by atoms with van der Waals surface area (Å²) >= 11 is 0. The van der Waals surface area contributed by atoms with Crippen LogP contribution in [-0.4, -0.2) is 22.6 Å². The Bertz CT molecular complexity index is 312. The van der Waals surface area contributed by atoms with Gasteiger partial charge >= 0.3 is 0 Å². The van der Waals surface area contributed by atoms with Crippen LogP contribution in [0.15, 0.2) is 0 Å². The first-order valence-corrected chi connectivity index (χ1v) is 4.62. The Morgan fingerprint density at radius 2 is 2.29 bits per heavy atom. The molecule has 1 atom stereocenters. The predicted molar refractivity (Wildman–Crippen MR) is 53.7 cm³/mol. The van der Waals surface area contributed by atoms with Crippen LogP contribution in [0.25, 0.3) is 0 Å². The van der Waals surface area contributed by atoms with Gasteiger partial charge in [0.05, 0.1) is 5.69 Å². The summed E-state index contributed by atoms with van der Waals surface area (Å²) in [5.41, 5.74) is 7.86. The van der Waals surface area contributed by atoms with Crippen LogP contribution >= 0.6 is 0 Å². The summed E-state index contributed by atoms with van der Waals surface area (Å²) in [6.07, 6.45) is 0. The molecule has 4 N–H and O–H groups in total. The van der Waals surface area contributed by atoms with Crippen LogP contribution in [0.4, 0.5) is 0 Å². The number of hydrogen-bond acceptors (Lipinski definition) is 3. The molecule has 1 unspecified atom stereocenters. The molecule has 0 saturated carbocycles. The molecule has 1 aromatic heterocycles. The van der Waals surface area contributed by atoms with Gasteiger partial charge in [-0.3, -0.25) is 9.89 Å². The van der Waals surface area contributed by atoms with Gasteiger partial charge in [-0.1, -0.05) is 6.92 Å². The molecule has 78 valence electrons. The van der Waals surface area contributed by atoms with Crippen LogP contribution < -0.4 is 11.1 Å². The topological polar surface area (TPSA) is 83.8 Å². The lowest BCUT2D eigenvalue weighted by atomic mass is 10.0. The Morgan fingerprint density at radius 3 is 2.64 bits per heavy atom. The van der Waals surface area contributed by atoms with Gasteiger partial charge in [-0.15, -0.1) is 0 Å². The maximum Gasteiger partial charge on any atom is 0.239 e. The van der Waals surface area contributed by atoms with Crippen molar-refractivity contribution >= 4 is 5.91 Å². The molecule has 1 heterocycles. The standard InChI is InChI=1S/C9H16N4O/c1-4-11-8(9(10)14)7-5(2)12-13-6(7)3/h8,11H,4H2,1-3H3,(H2,10,14)(H,12,13). The smallest absolute Gasteiger partial charge is 0.239 e. The first-order chi connectivity index (χ1) is 6.57. The first-order valence-electron chi connectivity index (χ1n) is 4.62. The molecular weight excluding hydrogens is 180 g/mol. The number of carbonyl (C=O) groups excluding carboxylic acids is 1. The van der Waals surface area contributed by atoms with Crippen molar-refractivity contribution in [1.29, 1.82) is 0 Å². The van der Waals surface area contributed by atoms with Gasteiger partial charge in [0.15, 0.2) is 0 Å². The zero-order chi connectivity index (χ0) is 10.7. The first kappa shape index (κ1) is 10.7. The van der Waals surface area contributed by atoms with Crippen molar-refractivity contribution < 1.29 is 4.79 Å². The fraction of sp³-hybridized carbons (Fsp3) is 0.556. The Kier molecular flexibility index (Phi) is 3.24. The lowest BCUT2D eigenvalue weighted by molar-refractivity contribution is -0.120. The van der Waals surface area contributed by atoms with Gasteiger partial charge in [0, 0.05) is 11.3 Å². The third-order valence-corrected chi connectivity index (χ3v) is 2.17.